The van der Waals surface area contributed by atoms with Crippen molar-refractivity contribution in [2.24, 2.45) is 0 Å². The van der Waals surface area contributed by atoms with E-state index in [4.69, 9.17) is 4.84 Å². The Labute approximate surface area is 713 Å². The molecule has 0 saturated carbocycles. The van der Waals surface area contributed by atoms with E-state index in [9.17, 15) is 70.7 Å². The van der Waals surface area contributed by atoms with Crippen molar-refractivity contribution in [1.82, 2.24) is 95.4 Å². The average Bonchev–Trinajstić information content (AvgIpc) is 1.61. The lowest BCUT2D eigenvalue weighted by Gasteiger charge is -2.17. The third-order valence-corrected chi connectivity index (χ3v) is 33.2. The Bertz CT molecular complexity index is 3460. The molecular weight excluding hydrogens is 1650 g/mol. The number of rotatable bonds is 40. The lowest BCUT2D eigenvalue weighted by molar-refractivity contribution is -0.197. The molecule has 17 amide bonds. The molecule has 19 atom stereocenters. The van der Waals surface area contributed by atoms with Crippen LogP contribution in [0.2, 0.25) is 0 Å². The van der Waals surface area contributed by atoms with E-state index in [0.717, 1.165) is 188 Å². The van der Waals surface area contributed by atoms with Crippen molar-refractivity contribution < 1.29 is 75.6 Å². The number of fused-ring (bicyclic) bond motifs is 6. The maximum absolute atomic E-state index is 12.1. The Morgan fingerprint density at radius 3 is 0.991 bits per heavy atom. The highest BCUT2D eigenvalue weighted by molar-refractivity contribution is 8.01. The van der Waals surface area contributed by atoms with Crippen molar-refractivity contribution in [3.05, 3.63) is 12.4 Å². The third kappa shape index (κ3) is 30.1. The predicted molar refractivity (Wildman–Crippen MR) is 460 cm³/mol. The van der Waals surface area contributed by atoms with Crippen molar-refractivity contribution in [2.45, 2.75) is 310 Å². The number of hydrogen-bond donors (Lipinski definition) is 17. The largest absolute Gasteiger partial charge is 0.367 e. The van der Waals surface area contributed by atoms with Gasteiger partial charge in [-0.3, -0.25) is 33.6 Å². The number of imide groups is 1. The minimum atomic E-state index is -3.74. The zero-order chi connectivity index (χ0) is 84.0. The number of amides is 17. The van der Waals surface area contributed by atoms with Gasteiger partial charge in [-0.2, -0.15) is 70.6 Å². The molecule has 13 aliphatic rings. The molecule has 34 nitrogen and oxygen atoms in total. The summed E-state index contributed by atoms with van der Waals surface area (Å²) in [6, 6.07) is 3.04. The zero-order valence-corrected chi connectivity index (χ0v) is 73.6. The summed E-state index contributed by atoms with van der Waals surface area (Å²) in [6.07, 6.45) is 23.3. The van der Waals surface area contributed by atoms with Crippen LogP contribution in [0.5, 0.6) is 0 Å². The minimum Gasteiger partial charge on any atom is -0.367 e. The van der Waals surface area contributed by atoms with Gasteiger partial charge in [-0.1, -0.05) is 65.4 Å². The van der Waals surface area contributed by atoms with Crippen LogP contribution < -0.4 is 90.4 Å². The molecular formula is C76H126N18O16S7. The first kappa shape index (κ1) is 94.5. The molecule has 13 heterocycles. The van der Waals surface area contributed by atoms with Crippen LogP contribution in [0.1, 0.15) is 201 Å². The average molecular weight is 1770 g/mol. The smallest absolute Gasteiger partial charge is 0.333 e. The molecule has 0 radical (unpaired) electrons. The number of nitrogens with one attached hydrogen (secondary N) is 17. The van der Waals surface area contributed by atoms with E-state index >= 15 is 0 Å². The van der Waals surface area contributed by atoms with Crippen LogP contribution in [0, 0.1) is 0 Å². The molecule has 0 aromatic rings. The molecule has 17 N–H and O–H groups in total. The Kier molecular flexibility index (Phi) is 39.1. The fraction of sp³-hybridized carbons (Fsp3) is 0.803. The second kappa shape index (κ2) is 48.4. The van der Waals surface area contributed by atoms with Gasteiger partial charge in [-0.15, -0.1) is 5.06 Å². The first-order valence-electron chi connectivity index (χ1n) is 42.1. The van der Waals surface area contributed by atoms with Crippen molar-refractivity contribution in [3.63, 3.8) is 0 Å². The molecule has 658 valence electrons. The molecule has 0 aromatic heterocycles. The molecule has 19 unspecified atom stereocenters. The quantitative estimate of drug-likeness (QED) is 0.0178. The van der Waals surface area contributed by atoms with Gasteiger partial charge in [0.2, 0.25) is 29.5 Å². The predicted octanol–water partition coefficient (Wildman–Crippen LogP) is 4.04. The lowest BCUT2D eigenvalue weighted by atomic mass is 10.0. The number of carbonyl (C=O) groups is 13. The van der Waals surface area contributed by atoms with E-state index < -0.39 is 39.3 Å². The molecule has 13 aliphatic heterocycles. The summed E-state index contributed by atoms with van der Waals surface area (Å²) < 4.78 is 23.0. The van der Waals surface area contributed by atoms with Crippen molar-refractivity contribution >= 4 is 158 Å². The molecule has 41 heteroatoms. The summed E-state index contributed by atoms with van der Waals surface area (Å²) in [7, 11) is -3.74. The first-order valence-corrected chi connectivity index (χ1v) is 50.4. The SMILES string of the molecule is C=C1NC2CSC(CCCC(=O)NCNC(=O)CCCCC3SCC4NC(=O)NC43)C2N1.CCCCNC(=O)CCCCC1SCC2NC(=O)NC21.CCCCNC(=O)CCCCC1SCC2NC(=O)NC21.CCNC(=O)CCCCC1SCC2NC(=O)NC21.CS(=O)(=O)C1CC(=O)N(OC(=O)CCCCC2SCC3NC(=O)NC32)C1=O. The van der Waals surface area contributed by atoms with Gasteiger partial charge in [0.05, 0.1) is 91.4 Å². The van der Waals surface area contributed by atoms with Crippen LogP contribution in [0.4, 0.5) is 24.0 Å². The highest BCUT2D eigenvalue weighted by Crippen LogP contribution is 2.39. The maximum Gasteiger partial charge on any atom is 0.333 e. The highest BCUT2D eigenvalue weighted by atomic mass is 32.2. The molecule has 0 aromatic carbocycles. The zero-order valence-electron chi connectivity index (χ0n) is 67.9. The fourth-order valence-corrected chi connectivity index (χ4v) is 26.6. The van der Waals surface area contributed by atoms with Crippen molar-refractivity contribution in [1.29, 1.82) is 0 Å². The van der Waals surface area contributed by atoms with E-state index in [0.29, 0.717) is 102 Å². The summed E-state index contributed by atoms with van der Waals surface area (Å²) in [5, 5.41) is 52.0. The molecule has 13 rings (SSSR count). The second-order valence-corrected chi connectivity index (χ2v) is 41.6. The number of sulfone groups is 1. The Morgan fingerprint density at radius 1 is 0.385 bits per heavy atom. The van der Waals surface area contributed by atoms with Gasteiger partial charge in [0, 0.05) is 130 Å². The Balaban J connectivity index is 0.000000170. The summed E-state index contributed by atoms with van der Waals surface area (Å²) >= 11 is 11.4. The van der Waals surface area contributed by atoms with Gasteiger partial charge in [0.25, 0.3) is 11.8 Å². The van der Waals surface area contributed by atoms with Gasteiger partial charge in [-0.25, -0.2) is 37.2 Å². The third-order valence-electron chi connectivity index (χ3n) is 22.7. The number of hydroxylamine groups is 2. The summed E-state index contributed by atoms with van der Waals surface area (Å²) in [5.41, 5.74) is 0. The summed E-state index contributed by atoms with van der Waals surface area (Å²) in [4.78, 5) is 155. The first-order chi connectivity index (χ1) is 56.3. The van der Waals surface area contributed by atoms with Crippen LogP contribution >= 0.6 is 70.6 Å². The number of thioether (sulfide) groups is 6. The topological polar surface area (TPSA) is 473 Å². The van der Waals surface area contributed by atoms with Crippen LogP contribution in [0.15, 0.2) is 12.4 Å². The van der Waals surface area contributed by atoms with Crippen LogP contribution in [-0.2, 0) is 53.0 Å². The summed E-state index contributed by atoms with van der Waals surface area (Å²) in [6.45, 7) is 12.6. The second-order valence-electron chi connectivity index (χ2n) is 31.8. The van der Waals surface area contributed by atoms with Crippen LogP contribution in [-0.4, -0.2) is 267 Å². The van der Waals surface area contributed by atoms with Crippen molar-refractivity contribution in [3.8, 4) is 0 Å². The van der Waals surface area contributed by atoms with Gasteiger partial charge in [0.1, 0.15) is 0 Å². The number of urea groups is 5. The van der Waals surface area contributed by atoms with Gasteiger partial charge >= 0.3 is 36.1 Å². The normalized spacial score (nSPS) is 29.9. The highest BCUT2D eigenvalue weighted by Gasteiger charge is 2.50. The Hall–Kier alpha value is -6.30. The van der Waals surface area contributed by atoms with Gasteiger partial charge in [-0.05, 0) is 96.8 Å². The van der Waals surface area contributed by atoms with Crippen LogP contribution in [0.3, 0.4) is 0 Å². The van der Waals surface area contributed by atoms with Crippen molar-refractivity contribution in [2.75, 3.05) is 67.1 Å². The molecule has 0 bridgehead atoms. The number of nitrogens with zero attached hydrogens (tertiary/aromatic N) is 1. The molecule has 13 saturated heterocycles. The number of hydrogen-bond acceptors (Lipinski definition) is 24. The van der Waals surface area contributed by atoms with E-state index in [1.54, 1.807) is 11.8 Å². The fourth-order valence-electron chi connectivity index (χ4n) is 16.4. The standard InChI is InChI=1S/C21H34N6O3S2.C15H21N3O7S2.2C14H25N3O2S.C12H21N3O2S/c1-12-24-13-9-31-16(19(13)25-12)6-4-8-18(29)23-11-22-17(28)7-3-2-5-15-20-14(10-32-15)26-21(30)27-20;1-27(23,24)10-6-11(19)18(14(10)21)25-12(20)5-3-2-4-9-13-8(7-26-9)16-15(22)17-13;2*1-2-3-8-15-12(18)7-5-4-6-11-13-10(9-20-11)16-14(19)17-13;1-2-13-10(16)6-4-3-5-9-11-8(7-18-9)14-12(17)15-11/h13-16,19-20,24-25H,1-11H2,(H,22,28)(H,23,29)(H2,26,27,30);8-10,13H,2-7H2,1H3,(H2,16,17,22);2*10-11,13H,2-9H2,1H3,(H,15,18)(H2,16,17,19);8-9,11H,2-7H2,1H3,(H,13,16)(H2,14,15,17). The minimum absolute atomic E-state index is 0.0106. The molecule has 117 heavy (non-hydrogen) atoms. The Morgan fingerprint density at radius 2 is 0.675 bits per heavy atom. The molecule has 13 fully saturated rings. The molecule has 0 aliphatic carbocycles. The number of unbranched alkanes of at least 4 members (excludes halogenated alkanes) is 7. The van der Waals surface area contributed by atoms with E-state index in [-0.39, 0.29) is 125 Å². The maximum atomic E-state index is 12.1. The monoisotopic (exact) mass is 1770 g/mol. The van der Waals surface area contributed by atoms with Crippen LogP contribution in [0.25, 0.3) is 0 Å². The van der Waals surface area contributed by atoms with E-state index in [2.05, 4.69) is 111 Å². The molecule has 0 spiro atoms. The van der Waals surface area contributed by atoms with Gasteiger partial charge < -0.3 is 95.2 Å². The van der Waals surface area contributed by atoms with E-state index in [1.807, 2.05) is 65.7 Å². The van der Waals surface area contributed by atoms with E-state index in [1.165, 1.54) is 0 Å². The lowest BCUT2D eigenvalue weighted by Crippen LogP contribution is -2.38. The van der Waals surface area contributed by atoms with Gasteiger partial charge in [0.15, 0.2) is 15.1 Å². The summed E-state index contributed by atoms with van der Waals surface area (Å²) in [5.74, 6) is 4.64. The number of carbonyl (C=O) groups excluding carboxylic acids is 13.